The fourth-order valence-corrected chi connectivity index (χ4v) is 3.46. The number of hydrogen-bond acceptors (Lipinski definition) is 3. The molecule has 1 aromatic carbocycles. The second-order valence-electron chi connectivity index (χ2n) is 4.21. The van der Waals surface area contributed by atoms with Crippen LogP contribution in [0.3, 0.4) is 0 Å². The molecule has 1 aliphatic heterocycles. The fourth-order valence-electron chi connectivity index (χ4n) is 2.13. The van der Waals surface area contributed by atoms with Gasteiger partial charge >= 0.3 is 0 Å². The van der Waals surface area contributed by atoms with Crippen LogP contribution in [0.15, 0.2) is 18.2 Å². The van der Waals surface area contributed by atoms with Crippen LogP contribution in [0.4, 0.5) is 4.39 Å². The third kappa shape index (κ3) is 2.75. The van der Waals surface area contributed by atoms with Gasteiger partial charge in [-0.05, 0) is 24.7 Å². The van der Waals surface area contributed by atoms with Crippen LogP contribution < -0.4 is 4.74 Å². The number of halogens is 1. The number of ether oxygens (including phenoxy) is 1. The number of thioether (sulfide) groups is 1. The summed E-state index contributed by atoms with van der Waals surface area (Å²) in [6.07, 6.45) is 2.51. The van der Waals surface area contributed by atoms with Crippen LogP contribution in [-0.4, -0.2) is 23.2 Å². The molecule has 1 fully saturated rings. The van der Waals surface area contributed by atoms with Gasteiger partial charge in [0.05, 0.1) is 13.2 Å². The van der Waals surface area contributed by atoms with Gasteiger partial charge in [-0.2, -0.15) is 11.8 Å². The first-order chi connectivity index (χ1) is 8.24. The van der Waals surface area contributed by atoms with Gasteiger partial charge in [-0.25, -0.2) is 4.39 Å². The van der Waals surface area contributed by atoms with E-state index in [4.69, 9.17) is 4.74 Å². The number of methoxy groups -OCH3 is 1. The topological polar surface area (TPSA) is 29.5 Å². The van der Waals surface area contributed by atoms with E-state index in [0.717, 1.165) is 18.6 Å². The van der Waals surface area contributed by atoms with Gasteiger partial charge in [0.15, 0.2) is 11.6 Å². The zero-order valence-corrected chi connectivity index (χ0v) is 10.7. The Morgan fingerprint density at radius 1 is 1.47 bits per heavy atom. The summed E-state index contributed by atoms with van der Waals surface area (Å²) in [5, 5.41) is 10.3. The molecule has 0 aromatic heterocycles. The van der Waals surface area contributed by atoms with Gasteiger partial charge in [0.25, 0.3) is 0 Å². The van der Waals surface area contributed by atoms with Crippen molar-refractivity contribution in [3.05, 3.63) is 29.6 Å². The van der Waals surface area contributed by atoms with Crippen molar-refractivity contribution < 1.29 is 14.2 Å². The molecule has 1 aliphatic rings. The van der Waals surface area contributed by atoms with E-state index in [-0.39, 0.29) is 11.0 Å². The molecule has 0 spiro atoms. The van der Waals surface area contributed by atoms with Crippen molar-refractivity contribution >= 4 is 11.8 Å². The molecule has 0 saturated carbocycles. The molecule has 94 valence electrons. The highest BCUT2D eigenvalue weighted by Crippen LogP contribution is 2.36. The van der Waals surface area contributed by atoms with Gasteiger partial charge in [-0.15, -0.1) is 0 Å². The predicted octanol–water partition coefficient (Wildman–Crippen LogP) is 3.15. The molecule has 1 saturated heterocycles. The smallest absolute Gasteiger partial charge is 0.170 e. The molecule has 17 heavy (non-hydrogen) atoms. The summed E-state index contributed by atoms with van der Waals surface area (Å²) in [5.41, 5.74) is 0.351. The third-order valence-corrected chi connectivity index (χ3v) is 4.54. The van der Waals surface area contributed by atoms with Crippen LogP contribution in [0, 0.1) is 5.82 Å². The van der Waals surface area contributed by atoms with Gasteiger partial charge in [-0.3, -0.25) is 0 Å². The van der Waals surface area contributed by atoms with Crippen LogP contribution in [0.25, 0.3) is 0 Å². The van der Waals surface area contributed by atoms with Crippen LogP contribution >= 0.6 is 11.8 Å². The number of hydrogen-bond donors (Lipinski definition) is 1. The largest absolute Gasteiger partial charge is 0.494 e. The van der Waals surface area contributed by atoms with Crippen molar-refractivity contribution in [1.29, 1.82) is 0 Å². The van der Waals surface area contributed by atoms with E-state index in [1.54, 1.807) is 30.0 Å². The van der Waals surface area contributed by atoms with Crippen LogP contribution in [0.1, 0.15) is 30.9 Å². The Kier molecular flexibility index (Phi) is 4.29. The number of aliphatic hydroxyl groups is 1. The molecule has 4 heteroatoms. The maximum Gasteiger partial charge on any atom is 0.170 e. The lowest BCUT2D eigenvalue weighted by Gasteiger charge is -2.26. The zero-order valence-electron chi connectivity index (χ0n) is 9.86. The van der Waals surface area contributed by atoms with Crippen molar-refractivity contribution in [2.45, 2.75) is 30.6 Å². The molecule has 1 heterocycles. The average molecular weight is 256 g/mol. The Morgan fingerprint density at radius 2 is 2.29 bits per heavy atom. The summed E-state index contributed by atoms with van der Waals surface area (Å²) in [6.45, 7) is 0. The van der Waals surface area contributed by atoms with Gasteiger partial charge in [0.2, 0.25) is 0 Å². The highest BCUT2D eigenvalue weighted by molar-refractivity contribution is 7.99. The normalized spacial score (nSPS) is 22.2. The van der Waals surface area contributed by atoms with E-state index in [1.807, 2.05) is 0 Å². The van der Waals surface area contributed by atoms with E-state index >= 15 is 0 Å². The summed E-state index contributed by atoms with van der Waals surface area (Å²) in [4.78, 5) is 0. The molecule has 0 aliphatic carbocycles. The SMILES string of the molecule is COc1cccc(C(O)C2CCCCS2)c1F. The molecule has 2 nitrogen and oxygen atoms in total. The molecule has 2 unspecified atom stereocenters. The van der Waals surface area contributed by atoms with Crippen molar-refractivity contribution in [2.75, 3.05) is 12.9 Å². The lowest BCUT2D eigenvalue weighted by molar-refractivity contribution is 0.163. The highest BCUT2D eigenvalue weighted by atomic mass is 32.2. The van der Waals surface area contributed by atoms with Gasteiger partial charge in [0, 0.05) is 10.8 Å². The minimum absolute atomic E-state index is 0.102. The molecular weight excluding hydrogens is 239 g/mol. The van der Waals surface area contributed by atoms with Crippen molar-refractivity contribution in [3.8, 4) is 5.75 Å². The molecule has 2 atom stereocenters. The van der Waals surface area contributed by atoms with E-state index in [9.17, 15) is 9.50 Å². The first-order valence-corrected chi connectivity index (χ1v) is 6.91. The number of rotatable bonds is 3. The lowest BCUT2D eigenvalue weighted by atomic mass is 10.0. The summed E-state index contributed by atoms with van der Waals surface area (Å²) >= 11 is 1.73. The Bertz CT molecular complexity index is 378. The second-order valence-corrected chi connectivity index (χ2v) is 5.56. The summed E-state index contributed by atoms with van der Waals surface area (Å²) in [7, 11) is 1.43. The minimum Gasteiger partial charge on any atom is -0.494 e. The molecule has 0 bridgehead atoms. The van der Waals surface area contributed by atoms with Crippen LogP contribution in [0.5, 0.6) is 5.75 Å². The van der Waals surface area contributed by atoms with Crippen LogP contribution in [0.2, 0.25) is 0 Å². The Morgan fingerprint density at radius 3 is 2.94 bits per heavy atom. The maximum atomic E-state index is 14.0. The maximum absolute atomic E-state index is 14.0. The first-order valence-electron chi connectivity index (χ1n) is 5.86. The Balaban J connectivity index is 2.20. The average Bonchev–Trinajstić information content (AvgIpc) is 2.39. The molecule has 1 N–H and O–H groups in total. The van der Waals surface area contributed by atoms with E-state index in [2.05, 4.69) is 0 Å². The Hall–Kier alpha value is -0.740. The third-order valence-electron chi connectivity index (χ3n) is 3.10. The van der Waals surface area contributed by atoms with Crippen molar-refractivity contribution in [1.82, 2.24) is 0 Å². The molecule has 1 aromatic rings. The monoisotopic (exact) mass is 256 g/mol. The summed E-state index contributed by atoms with van der Waals surface area (Å²) < 4.78 is 18.9. The van der Waals surface area contributed by atoms with Gasteiger partial charge in [0.1, 0.15) is 0 Å². The first kappa shape index (κ1) is 12.7. The molecule has 0 radical (unpaired) electrons. The second kappa shape index (κ2) is 5.74. The van der Waals surface area contributed by atoms with E-state index < -0.39 is 11.9 Å². The Labute approximate surface area is 105 Å². The minimum atomic E-state index is -0.740. The summed E-state index contributed by atoms with van der Waals surface area (Å²) in [5.74, 6) is 0.809. The van der Waals surface area contributed by atoms with Crippen molar-refractivity contribution in [2.24, 2.45) is 0 Å². The van der Waals surface area contributed by atoms with E-state index in [0.29, 0.717) is 5.56 Å². The standard InChI is InChI=1S/C13H17FO2S/c1-16-10-6-4-5-9(12(10)14)13(15)11-7-2-3-8-17-11/h4-6,11,13,15H,2-3,7-8H2,1H3. The molecular formula is C13H17FO2S. The van der Waals surface area contributed by atoms with Gasteiger partial charge in [-0.1, -0.05) is 18.6 Å². The lowest BCUT2D eigenvalue weighted by Crippen LogP contribution is -2.20. The van der Waals surface area contributed by atoms with Crippen molar-refractivity contribution in [3.63, 3.8) is 0 Å². The van der Waals surface area contributed by atoms with Gasteiger partial charge < -0.3 is 9.84 Å². The fraction of sp³-hybridized carbons (Fsp3) is 0.538. The predicted molar refractivity (Wildman–Crippen MR) is 68.0 cm³/mol. The molecule has 0 amide bonds. The quantitative estimate of drug-likeness (QED) is 0.901. The highest BCUT2D eigenvalue weighted by Gasteiger charge is 2.26. The zero-order chi connectivity index (χ0) is 12.3. The summed E-state index contributed by atoms with van der Waals surface area (Å²) in [6, 6.07) is 4.92. The van der Waals surface area contributed by atoms with E-state index in [1.165, 1.54) is 13.5 Å². The van der Waals surface area contributed by atoms with Crippen LogP contribution in [-0.2, 0) is 0 Å². The number of benzene rings is 1. The number of aliphatic hydroxyl groups excluding tert-OH is 1. The molecule has 2 rings (SSSR count).